The van der Waals surface area contributed by atoms with Crippen molar-refractivity contribution >= 4 is 5.78 Å². The smallest absolute Gasteiger partial charge is 0.162 e. The highest BCUT2D eigenvalue weighted by Crippen LogP contribution is 2.26. The SMILES string of the molecule is COc1c(C)cc(C(=O)CCCCC2OCC(C)(C)CO2)cc1C. The van der Waals surface area contributed by atoms with E-state index in [0.717, 1.165) is 54.9 Å². The van der Waals surface area contributed by atoms with Gasteiger partial charge in [-0.1, -0.05) is 13.8 Å². The highest BCUT2D eigenvalue weighted by molar-refractivity contribution is 5.96. The van der Waals surface area contributed by atoms with Crippen LogP contribution < -0.4 is 4.74 Å². The third-order valence-corrected chi connectivity index (χ3v) is 4.40. The predicted octanol–water partition coefficient (Wildman–Crippen LogP) is 4.45. The lowest BCUT2D eigenvalue weighted by Gasteiger charge is -2.34. The number of unbranched alkanes of at least 4 members (excludes halogenated alkanes) is 1. The number of methoxy groups -OCH3 is 1. The van der Waals surface area contributed by atoms with Gasteiger partial charge in [0, 0.05) is 17.4 Å². The minimum absolute atomic E-state index is 0.108. The van der Waals surface area contributed by atoms with Crippen molar-refractivity contribution < 1.29 is 19.0 Å². The lowest BCUT2D eigenvalue weighted by molar-refractivity contribution is -0.224. The van der Waals surface area contributed by atoms with Crippen LogP contribution in [0.4, 0.5) is 0 Å². The van der Waals surface area contributed by atoms with Gasteiger partial charge in [-0.05, 0) is 56.4 Å². The van der Waals surface area contributed by atoms with Crippen LogP contribution in [0.15, 0.2) is 12.1 Å². The van der Waals surface area contributed by atoms with Crippen molar-refractivity contribution in [2.75, 3.05) is 20.3 Å². The number of hydrogen-bond acceptors (Lipinski definition) is 4. The summed E-state index contributed by atoms with van der Waals surface area (Å²) < 4.78 is 16.8. The van der Waals surface area contributed by atoms with Gasteiger partial charge in [-0.2, -0.15) is 0 Å². The molecule has 0 amide bonds. The van der Waals surface area contributed by atoms with E-state index < -0.39 is 0 Å². The van der Waals surface area contributed by atoms with Gasteiger partial charge in [0.1, 0.15) is 5.75 Å². The molecule has 1 saturated heterocycles. The molecule has 1 fully saturated rings. The van der Waals surface area contributed by atoms with Crippen molar-refractivity contribution in [3.63, 3.8) is 0 Å². The number of ketones is 1. The van der Waals surface area contributed by atoms with E-state index in [0.29, 0.717) is 6.42 Å². The molecule has 0 atom stereocenters. The first-order valence-corrected chi connectivity index (χ1v) is 8.74. The van der Waals surface area contributed by atoms with Crippen molar-refractivity contribution in [1.82, 2.24) is 0 Å². The standard InChI is InChI=1S/C20H30O4/c1-14-10-16(11-15(2)19(14)22-5)17(21)8-6-7-9-18-23-12-20(3,4)13-24-18/h10-11,18H,6-9,12-13H2,1-5H3. The minimum Gasteiger partial charge on any atom is -0.496 e. The van der Waals surface area contributed by atoms with Crippen LogP contribution in [-0.4, -0.2) is 32.4 Å². The number of benzene rings is 1. The second kappa shape index (κ2) is 8.13. The van der Waals surface area contributed by atoms with E-state index in [1.54, 1.807) is 7.11 Å². The van der Waals surface area contributed by atoms with E-state index in [1.165, 1.54) is 0 Å². The van der Waals surface area contributed by atoms with Gasteiger partial charge in [0.05, 0.1) is 20.3 Å². The van der Waals surface area contributed by atoms with Crippen LogP contribution in [0.25, 0.3) is 0 Å². The fraction of sp³-hybridized carbons (Fsp3) is 0.650. The third kappa shape index (κ3) is 5.05. The van der Waals surface area contributed by atoms with Crippen LogP contribution in [0.2, 0.25) is 0 Å². The van der Waals surface area contributed by atoms with Crippen LogP contribution >= 0.6 is 0 Å². The molecule has 0 aliphatic carbocycles. The molecule has 134 valence electrons. The molecule has 0 aromatic heterocycles. The Morgan fingerprint density at radius 3 is 2.29 bits per heavy atom. The summed E-state index contributed by atoms with van der Waals surface area (Å²) in [5.74, 6) is 1.05. The number of hydrogen-bond donors (Lipinski definition) is 0. The van der Waals surface area contributed by atoms with Crippen molar-refractivity contribution in [2.45, 2.75) is 59.7 Å². The number of rotatable bonds is 7. The second-order valence-corrected chi connectivity index (χ2v) is 7.53. The molecule has 4 heteroatoms. The summed E-state index contributed by atoms with van der Waals surface area (Å²) in [4.78, 5) is 12.4. The average Bonchev–Trinajstić information content (AvgIpc) is 2.52. The first kappa shape index (κ1) is 18.9. The van der Waals surface area contributed by atoms with Crippen LogP contribution in [-0.2, 0) is 9.47 Å². The first-order valence-electron chi connectivity index (χ1n) is 8.74. The molecule has 2 rings (SSSR count). The average molecular weight is 334 g/mol. The van der Waals surface area contributed by atoms with Crippen molar-refractivity contribution in [1.29, 1.82) is 0 Å². The Morgan fingerprint density at radius 2 is 1.75 bits per heavy atom. The van der Waals surface area contributed by atoms with Crippen molar-refractivity contribution in [2.24, 2.45) is 5.41 Å². The molecule has 1 aromatic carbocycles. The van der Waals surface area contributed by atoms with Gasteiger partial charge in [0.25, 0.3) is 0 Å². The molecule has 0 spiro atoms. The maximum atomic E-state index is 12.4. The van der Waals surface area contributed by atoms with E-state index >= 15 is 0 Å². The fourth-order valence-corrected chi connectivity index (χ4v) is 3.07. The van der Waals surface area contributed by atoms with Gasteiger partial charge in [-0.25, -0.2) is 0 Å². The summed E-state index contributed by atoms with van der Waals surface area (Å²) in [5, 5.41) is 0. The van der Waals surface area contributed by atoms with Gasteiger partial charge in [-0.15, -0.1) is 0 Å². The second-order valence-electron chi connectivity index (χ2n) is 7.53. The monoisotopic (exact) mass is 334 g/mol. The van der Waals surface area contributed by atoms with E-state index in [-0.39, 0.29) is 17.5 Å². The Balaban J connectivity index is 1.76. The zero-order valence-electron chi connectivity index (χ0n) is 15.6. The zero-order valence-corrected chi connectivity index (χ0v) is 15.6. The molecule has 0 saturated carbocycles. The molecule has 0 bridgehead atoms. The summed E-state index contributed by atoms with van der Waals surface area (Å²) in [6.07, 6.45) is 3.09. The number of ether oxygens (including phenoxy) is 3. The molecule has 1 heterocycles. The summed E-state index contributed by atoms with van der Waals surface area (Å²) in [6, 6.07) is 3.84. The van der Waals surface area contributed by atoms with Crippen LogP contribution in [0, 0.1) is 19.3 Å². The Bertz CT molecular complexity index is 544. The summed E-state index contributed by atoms with van der Waals surface area (Å²) in [7, 11) is 1.66. The fourth-order valence-electron chi connectivity index (χ4n) is 3.07. The Morgan fingerprint density at radius 1 is 1.17 bits per heavy atom. The van der Waals surface area contributed by atoms with Gasteiger partial charge in [-0.3, -0.25) is 4.79 Å². The molecular weight excluding hydrogens is 304 g/mol. The lowest BCUT2D eigenvalue weighted by Crippen LogP contribution is -2.37. The number of aryl methyl sites for hydroxylation is 2. The Hall–Kier alpha value is -1.39. The third-order valence-electron chi connectivity index (χ3n) is 4.40. The molecular formula is C20H30O4. The topological polar surface area (TPSA) is 44.8 Å². The van der Waals surface area contributed by atoms with Crippen LogP contribution in [0.5, 0.6) is 5.75 Å². The molecule has 1 aliphatic heterocycles. The minimum atomic E-state index is -0.112. The Kier molecular flexibility index (Phi) is 6.41. The van der Waals surface area contributed by atoms with Crippen LogP contribution in [0.3, 0.4) is 0 Å². The maximum Gasteiger partial charge on any atom is 0.162 e. The predicted molar refractivity (Wildman–Crippen MR) is 94.7 cm³/mol. The highest BCUT2D eigenvalue weighted by Gasteiger charge is 2.27. The normalized spacial score (nSPS) is 17.7. The summed E-state index contributed by atoms with van der Waals surface area (Å²) in [5.41, 5.74) is 2.90. The lowest BCUT2D eigenvalue weighted by atomic mass is 9.95. The molecule has 0 radical (unpaired) electrons. The summed E-state index contributed by atoms with van der Waals surface area (Å²) >= 11 is 0. The van der Waals surface area contributed by atoms with Gasteiger partial charge in [0.15, 0.2) is 12.1 Å². The van der Waals surface area contributed by atoms with E-state index in [4.69, 9.17) is 14.2 Å². The van der Waals surface area contributed by atoms with E-state index in [9.17, 15) is 4.79 Å². The number of carbonyl (C=O) groups is 1. The first-order chi connectivity index (χ1) is 11.3. The quantitative estimate of drug-likeness (QED) is 0.546. The Labute approximate surface area is 145 Å². The van der Waals surface area contributed by atoms with Crippen LogP contribution in [0.1, 0.15) is 61.0 Å². The van der Waals surface area contributed by atoms with Gasteiger partial charge in [0.2, 0.25) is 0 Å². The maximum absolute atomic E-state index is 12.4. The molecule has 0 N–H and O–H groups in total. The van der Waals surface area contributed by atoms with Gasteiger partial charge >= 0.3 is 0 Å². The van der Waals surface area contributed by atoms with Gasteiger partial charge < -0.3 is 14.2 Å². The molecule has 1 aromatic rings. The highest BCUT2D eigenvalue weighted by atomic mass is 16.7. The van der Waals surface area contributed by atoms with E-state index in [1.807, 2.05) is 26.0 Å². The van der Waals surface area contributed by atoms with E-state index in [2.05, 4.69) is 13.8 Å². The molecule has 4 nitrogen and oxygen atoms in total. The molecule has 1 aliphatic rings. The molecule has 0 unspecified atom stereocenters. The van der Waals surface area contributed by atoms with Crippen molar-refractivity contribution in [3.8, 4) is 5.75 Å². The van der Waals surface area contributed by atoms with Crippen molar-refractivity contribution in [3.05, 3.63) is 28.8 Å². The number of Topliss-reactive ketones (excluding diaryl/α,β-unsaturated/α-hetero) is 1. The molecule has 24 heavy (non-hydrogen) atoms. The number of carbonyl (C=O) groups excluding carboxylic acids is 1. The largest absolute Gasteiger partial charge is 0.496 e. The summed E-state index contributed by atoms with van der Waals surface area (Å²) in [6.45, 7) is 9.70. The zero-order chi connectivity index (χ0) is 17.7.